The van der Waals surface area contributed by atoms with E-state index in [-0.39, 0.29) is 35.9 Å². The highest BCUT2D eigenvalue weighted by molar-refractivity contribution is 5.94. The van der Waals surface area contributed by atoms with Gasteiger partial charge in [0, 0.05) is 29.3 Å². The molecule has 4 rings (SSSR count). The number of benzene rings is 1. The van der Waals surface area contributed by atoms with Gasteiger partial charge in [-0.3, -0.25) is 15.0 Å². The second-order valence-corrected chi connectivity index (χ2v) is 7.93. The van der Waals surface area contributed by atoms with Crippen molar-refractivity contribution in [2.45, 2.75) is 51.2 Å². The van der Waals surface area contributed by atoms with Gasteiger partial charge in [0.05, 0.1) is 18.5 Å². The van der Waals surface area contributed by atoms with Gasteiger partial charge in [0.25, 0.3) is 5.91 Å². The van der Waals surface area contributed by atoms with Crippen LogP contribution in [0.1, 0.15) is 41.0 Å². The minimum absolute atomic E-state index is 0.0355. The van der Waals surface area contributed by atoms with Crippen LogP contribution in [0.3, 0.4) is 0 Å². The average molecular weight is 397 g/mol. The third kappa shape index (κ3) is 3.90. The lowest BCUT2D eigenvalue weighted by molar-refractivity contribution is -0.144. The lowest BCUT2D eigenvalue weighted by atomic mass is 9.79. The predicted octanol–water partition coefficient (Wildman–Crippen LogP) is 1.41. The summed E-state index contributed by atoms with van der Waals surface area (Å²) >= 11 is 0. The molecular weight excluding hydrogens is 370 g/mol. The van der Waals surface area contributed by atoms with Crippen molar-refractivity contribution >= 4 is 11.9 Å². The molecule has 0 bridgehead atoms. The van der Waals surface area contributed by atoms with Crippen LogP contribution in [0.2, 0.25) is 0 Å². The van der Waals surface area contributed by atoms with Gasteiger partial charge in [-0.05, 0) is 63.4 Å². The van der Waals surface area contributed by atoms with Crippen LogP contribution in [-0.4, -0.2) is 46.9 Å². The number of amides is 1. The zero-order valence-corrected chi connectivity index (χ0v) is 16.9. The van der Waals surface area contributed by atoms with Gasteiger partial charge in [-0.2, -0.15) is 5.10 Å². The molecule has 1 aliphatic carbocycles. The number of hydrazine groups is 1. The molecule has 2 aliphatic rings. The largest absolute Gasteiger partial charge is 0.468 e. The monoisotopic (exact) mass is 397 g/mol. The Hall–Kier alpha value is -2.71. The molecule has 4 atom stereocenters. The lowest BCUT2D eigenvalue weighted by Gasteiger charge is -2.32. The van der Waals surface area contributed by atoms with E-state index in [4.69, 9.17) is 4.74 Å². The fourth-order valence-corrected chi connectivity index (χ4v) is 4.46. The molecule has 1 amide bonds. The number of carbonyl (C=O) groups is 2. The summed E-state index contributed by atoms with van der Waals surface area (Å²) in [6, 6.07) is 9.37. The molecule has 8 heteroatoms. The average Bonchev–Trinajstić information content (AvgIpc) is 3.29. The van der Waals surface area contributed by atoms with Gasteiger partial charge in [-0.15, -0.1) is 0 Å². The lowest BCUT2D eigenvalue weighted by Crippen LogP contribution is -2.46. The summed E-state index contributed by atoms with van der Waals surface area (Å²) < 4.78 is 6.76. The molecule has 1 aliphatic heterocycles. The summed E-state index contributed by atoms with van der Waals surface area (Å²) in [7, 11) is 1.40. The Morgan fingerprint density at radius 3 is 2.59 bits per heavy atom. The Morgan fingerprint density at radius 2 is 1.93 bits per heavy atom. The fourth-order valence-electron chi connectivity index (χ4n) is 4.46. The first-order valence-corrected chi connectivity index (χ1v) is 9.99. The zero-order chi connectivity index (χ0) is 20.5. The quantitative estimate of drug-likeness (QED) is 0.675. The van der Waals surface area contributed by atoms with Crippen LogP contribution in [0, 0.1) is 19.8 Å². The van der Waals surface area contributed by atoms with Gasteiger partial charge in [0.15, 0.2) is 0 Å². The van der Waals surface area contributed by atoms with Crippen molar-refractivity contribution in [3.63, 3.8) is 0 Å². The van der Waals surface area contributed by atoms with Crippen LogP contribution < -0.4 is 16.2 Å². The maximum Gasteiger partial charge on any atom is 0.324 e. The molecule has 0 radical (unpaired) electrons. The van der Waals surface area contributed by atoms with E-state index >= 15 is 0 Å². The van der Waals surface area contributed by atoms with Gasteiger partial charge in [0.2, 0.25) is 0 Å². The van der Waals surface area contributed by atoms with Crippen molar-refractivity contribution in [1.82, 2.24) is 25.9 Å². The number of aryl methyl sites for hydroxylation is 2. The van der Waals surface area contributed by atoms with Gasteiger partial charge < -0.3 is 10.1 Å². The molecule has 29 heavy (non-hydrogen) atoms. The van der Waals surface area contributed by atoms with E-state index in [0.29, 0.717) is 5.56 Å². The van der Waals surface area contributed by atoms with Crippen LogP contribution in [0.4, 0.5) is 0 Å². The molecule has 0 spiro atoms. The van der Waals surface area contributed by atoms with Crippen LogP contribution in [0.25, 0.3) is 5.69 Å². The Kier molecular flexibility index (Phi) is 5.38. The van der Waals surface area contributed by atoms with E-state index in [0.717, 1.165) is 36.3 Å². The number of ether oxygens (including phenoxy) is 1. The summed E-state index contributed by atoms with van der Waals surface area (Å²) in [6.45, 7) is 3.96. The normalized spacial score (nSPS) is 26.0. The molecule has 2 fully saturated rings. The molecule has 1 saturated heterocycles. The number of rotatable bonds is 4. The van der Waals surface area contributed by atoms with E-state index in [2.05, 4.69) is 21.3 Å². The SMILES string of the molecule is COC(=O)C1NNC2CCC(NC(=O)c3ccc(-n4nc(C)cc4C)cc3)CC21. The molecule has 1 saturated carbocycles. The second-order valence-electron chi connectivity index (χ2n) is 7.93. The first kappa shape index (κ1) is 19.6. The van der Waals surface area contributed by atoms with E-state index < -0.39 is 0 Å². The third-order valence-corrected chi connectivity index (χ3v) is 5.93. The maximum absolute atomic E-state index is 12.7. The van der Waals surface area contributed by atoms with E-state index in [1.54, 1.807) is 0 Å². The van der Waals surface area contributed by atoms with Gasteiger partial charge >= 0.3 is 5.97 Å². The van der Waals surface area contributed by atoms with Gasteiger partial charge in [0.1, 0.15) is 6.04 Å². The number of carbonyl (C=O) groups excluding carboxylic acids is 2. The number of hydrogen-bond donors (Lipinski definition) is 3. The fraction of sp³-hybridized carbons (Fsp3) is 0.476. The van der Waals surface area contributed by atoms with Crippen molar-refractivity contribution in [3.05, 3.63) is 47.3 Å². The molecule has 8 nitrogen and oxygen atoms in total. The van der Waals surface area contributed by atoms with Gasteiger partial charge in [-0.25, -0.2) is 10.1 Å². The minimum Gasteiger partial charge on any atom is -0.468 e. The molecule has 2 aromatic rings. The Labute approximate surface area is 170 Å². The van der Waals surface area contributed by atoms with Crippen LogP contribution in [0.15, 0.2) is 30.3 Å². The Bertz CT molecular complexity index is 908. The second kappa shape index (κ2) is 7.96. The first-order chi connectivity index (χ1) is 14.0. The van der Waals surface area contributed by atoms with Crippen LogP contribution in [0.5, 0.6) is 0 Å². The molecule has 4 unspecified atom stereocenters. The van der Waals surface area contributed by atoms with E-state index in [9.17, 15) is 9.59 Å². The summed E-state index contributed by atoms with van der Waals surface area (Å²) in [4.78, 5) is 24.7. The van der Waals surface area contributed by atoms with Crippen molar-refractivity contribution < 1.29 is 14.3 Å². The number of methoxy groups -OCH3 is 1. The zero-order valence-electron chi connectivity index (χ0n) is 16.9. The summed E-state index contributed by atoms with van der Waals surface area (Å²) in [5.41, 5.74) is 9.78. The number of hydrogen-bond acceptors (Lipinski definition) is 6. The number of nitrogens with one attached hydrogen (secondary N) is 3. The number of aromatic nitrogens is 2. The van der Waals surface area contributed by atoms with E-state index in [1.807, 2.05) is 48.9 Å². The molecule has 1 aromatic carbocycles. The minimum atomic E-state index is -0.371. The number of esters is 1. The number of fused-ring (bicyclic) bond motifs is 1. The highest BCUT2D eigenvalue weighted by atomic mass is 16.5. The van der Waals surface area contributed by atoms with Crippen molar-refractivity contribution in [2.75, 3.05) is 7.11 Å². The number of nitrogens with zero attached hydrogens (tertiary/aromatic N) is 2. The summed E-state index contributed by atoms with van der Waals surface area (Å²) in [5, 5.41) is 7.61. The smallest absolute Gasteiger partial charge is 0.324 e. The highest BCUT2D eigenvalue weighted by Crippen LogP contribution is 2.31. The molecule has 3 N–H and O–H groups in total. The standard InChI is InChI=1S/C21H27N5O3/c1-12-10-13(2)26(25-12)16-7-4-14(5-8-16)20(27)22-15-6-9-18-17(11-15)19(24-23-18)21(28)29-3/h4-5,7-8,10,15,17-19,23-24H,6,9,11H2,1-3H3,(H,22,27). The molecule has 1 aromatic heterocycles. The van der Waals surface area contributed by atoms with Crippen molar-refractivity contribution in [2.24, 2.45) is 5.92 Å². The Balaban J connectivity index is 1.40. The third-order valence-electron chi connectivity index (χ3n) is 5.93. The summed E-state index contributed by atoms with van der Waals surface area (Å²) in [6.07, 6.45) is 2.51. The van der Waals surface area contributed by atoms with Crippen LogP contribution >= 0.6 is 0 Å². The van der Waals surface area contributed by atoms with Crippen molar-refractivity contribution in [3.8, 4) is 5.69 Å². The first-order valence-electron chi connectivity index (χ1n) is 9.99. The predicted molar refractivity (Wildman–Crippen MR) is 107 cm³/mol. The molecule has 2 heterocycles. The summed E-state index contributed by atoms with van der Waals surface area (Å²) in [5.74, 6) is -0.256. The van der Waals surface area contributed by atoms with Crippen LogP contribution in [-0.2, 0) is 9.53 Å². The van der Waals surface area contributed by atoms with Gasteiger partial charge in [-0.1, -0.05) is 0 Å². The van der Waals surface area contributed by atoms with Crippen molar-refractivity contribution in [1.29, 1.82) is 0 Å². The topological polar surface area (TPSA) is 97.3 Å². The Morgan fingerprint density at radius 1 is 1.17 bits per heavy atom. The van der Waals surface area contributed by atoms with E-state index in [1.165, 1.54) is 7.11 Å². The highest BCUT2D eigenvalue weighted by Gasteiger charge is 2.44. The molecule has 154 valence electrons. The molecular formula is C21H27N5O3. The maximum atomic E-state index is 12.7.